The Morgan fingerprint density at radius 2 is 1.75 bits per heavy atom. The van der Waals surface area contributed by atoms with Gasteiger partial charge in [-0.05, 0) is 35.7 Å². The van der Waals surface area contributed by atoms with Crippen molar-refractivity contribution in [3.05, 3.63) is 71.1 Å². The maximum absolute atomic E-state index is 12.4. The SMILES string of the molecule is O=C(Nc1ccccn1)c1sccc1NS(=O)(=O)c1ccccc1. The van der Waals surface area contributed by atoms with Gasteiger partial charge in [-0.15, -0.1) is 11.3 Å². The van der Waals surface area contributed by atoms with Crippen molar-refractivity contribution in [2.45, 2.75) is 4.90 Å². The zero-order chi connectivity index (χ0) is 17.0. The molecule has 0 bridgehead atoms. The lowest BCUT2D eigenvalue weighted by Crippen LogP contribution is -2.17. The Balaban J connectivity index is 1.82. The fraction of sp³-hybridized carbons (Fsp3) is 0. The fourth-order valence-corrected chi connectivity index (χ4v) is 3.88. The van der Waals surface area contributed by atoms with Gasteiger partial charge in [0.2, 0.25) is 0 Å². The van der Waals surface area contributed by atoms with Crippen molar-refractivity contribution in [2.24, 2.45) is 0 Å². The van der Waals surface area contributed by atoms with Gasteiger partial charge in [0.15, 0.2) is 0 Å². The van der Waals surface area contributed by atoms with Gasteiger partial charge < -0.3 is 5.32 Å². The highest BCUT2D eigenvalue weighted by Gasteiger charge is 2.20. The number of hydrogen-bond donors (Lipinski definition) is 2. The van der Waals surface area contributed by atoms with Crippen LogP contribution >= 0.6 is 11.3 Å². The highest BCUT2D eigenvalue weighted by Crippen LogP contribution is 2.26. The highest BCUT2D eigenvalue weighted by atomic mass is 32.2. The van der Waals surface area contributed by atoms with Crippen molar-refractivity contribution in [3.8, 4) is 0 Å². The predicted octanol–water partition coefficient (Wildman–Crippen LogP) is 3.20. The van der Waals surface area contributed by atoms with Crippen LogP contribution in [-0.4, -0.2) is 19.3 Å². The van der Waals surface area contributed by atoms with E-state index in [1.54, 1.807) is 54.0 Å². The Bertz CT molecular complexity index is 939. The number of carbonyl (C=O) groups is 1. The molecule has 0 atom stereocenters. The van der Waals surface area contributed by atoms with Crippen LogP contribution < -0.4 is 10.0 Å². The van der Waals surface area contributed by atoms with Crippen LogP contribution in [-0.2, 0) is 10.0 Å². The molecule has 122 valence electrons. The lowest BCUT2D eigenvalue weighted by atomic mass is 10.3. The molecule has 0 aliphatic rings. The number of rotatable bonds is 5. The smallest absolute Gasteiger partial charge is 0.269 e. The first-order chi connectivity index (χ1) is 11.6. The van der Waals surface area contributed by atoms with Gasteiger partial charge in [0.05, 0.1) is 10.6 Å². The van der Waals surface area contributed by atoms with E-state index in [9.17, 15) is 13.2 Å². The number of benzene rings is 1. The maximum atomic E-state index is 12.4. The summed E-state index contributed by atoms with van der Waals surface area (Å²) in [5.74, 6) is -0.0257. The quantitative estimate of drug-likeness (QED) is 0.732. The Morgan fingerprint density at radius 3 is 2.46 bits per heavy atom. The minimum atomic E-state index is -3.75. The summed E-state index contributed by atoms with van der Waals surface area (Å²) in [7, 11) is -3.75. The fourth-order valence-electron chi connectivity index (χ4n) is 1.98. The van der Waals surface area contributed by atoms with Gasteiger partial charge in [-0.1, -0.05) is 24.3 Å². The zero-order valence-corrected chi connectivity index (χ0v) is 14.0. The molecule has 24 heavy (non-hydrogen) atoms. The van der Waals surface area contributed by atoms with E-state index in [4.69, 9.17) is 0 Å². The summed E-state index contributed by atoms with van der Waals surface area (Å²) in [4.78, 5) is 16.8. The van der Waals surface area contributed by atoms with Crippen LogP contribution in [0.3, 0.4) is 0 Å². The summed E-state index contributed by atoms with van der Waals surface area (Å²) in [6.07, 6.45) is 1.56. The summed E-state index contributed by atoms with van der Waals surface area (Å²) >= 11 is 1.15. The van der Waals surface area contributed by atoms with Crippen molar-refractivity contribution in [2.75, 3.05) is 10.0 Å². The molecule has 0 radical (unpaired) electrons. The first-order valence-corrected chi connectivity index (χ1v) is 9.30. The molecule has 6 nitrogen and oxygen atoms in total. The number of amides is 1. The molecule has 1 amide bonds. The van der Waals surface area contributed by atoms with Crippen LogP contribution in [0.4, 0.5) is 11.5 Å². The summed E-state index contributed by atoms with van der Waals surface area (Å²) in [5.41, 5.74) is 0.234. The predicted molar refractivity (Wildman–Crippen MR) is 93.8 cm³/mol. The van der Waals surface area contributed by atoms with Crippen molar-refractivity contribution in [1.29, 1.82) is 0 Å². The molecule has 3 aromatic rings. The number of anilines is 2. The average molecular weight is 359 g/mol. The number of nitrogens with zero attached hydrogens (tertiary/aromatic N) is 1. The molecule has 0 saturated heterocycles. The van der Waals surface area contributed by atoms with E-state index < -0.39 is 15.9 Å². The summed E-state index contributed by atoms with van der Waals surface area (Å²) in [6, 6.07) is 14.7. The summed E-state index contributed by atoms with van der Waals surface area (Å²) < 4.78 is 27.2. The minimum Gasteiger partial charge on any atom is -0.306 e. The van der Waals surface area contributed by atoms with E-state index in [1.807, 2.05) is 0 Å². The molecule has 0 saturated carbocycles. The summed E-state index contributed by atoms with van der Waals surface area (Å²) in [5, 5.41) is 4.28. The van der Waals surface area contributed by atoms with Gasteiger partial charge in [0.25, 0.3) is 15.9 Å². The third-order valence-corrected chi connectivity index (χ3v) is 5.37. The second-order valence-electron chi connectivity index (χ2n) is 4.75. The molecule has 2 N–H and O–H groups in total. The summed E-state index contributed by atoms with van der Waals surface area (Å²) in [6.45, 7) is 0. The van der Waals surface area contributed by atoms with Crippen molar-refractivity contribution in [3.63, 3.8) is 0 Å². The lowest BCUT2D eigenvalue weighted by molar-refractivity contribution is 0.103. The molecule has 2 heterocycles. The van der Waals surface area contributed by atoms with Crippen LogP contribution in [0.2, 0.25) is 0 Å². The Kier molecular flexibility index (Phi) is 4.59. The van der Waals surface area contributed by atoms with E-state index in [2.05, 4.69) is 15.0 Å². The van der Waals surface area contributed by atoms with E-state index in [0.29, 0.717) is 5.82 Å². The van der Waals surface area contributed by atoms with E-state index >= 15 is 0 Å². The van der Waals surface area contributed by atoms with Gasteiger partial charge in [-0.3, -0.25) is 9.52 Å². The molecular formula is C16H13N3O3S2. The van der Waals surface area contributed by atoms with Gasteiger partial charge in [0.1, 0.15) is 10.7 Å². The van der Waals surface area contributed by atoms with Crippen molar-refractivity contribution < 1.29 is 13.2 Å². The van der Waals surface area contributed by atoms with Gasteiger partial charge >= 0.3 is 0 Å². The third-order valence-electron chi connectivity index (χ3n) is 3.08. The van der Waals surface area contributed by atoms with Crippen LogP contribution in [0, 0.1) is 0 Å². The molecule has 2 aromatic heterocycles. The van der Waals surface area contributed by atoms with Gasteiger partial charge in [-0.2, -0.15) is 0 Å². The standard InChI is InChI=1S/C16H13N3O3S2/c20-16(18-14-8-4-5-10-17-14)15-13(9-11-23-15)19-24(21,22)12-6-2-1-3-7-12/h1-11,19H,(H,17,18,20). The number of thiophene rings is 1. The molecule has 3 rings (SSSR count). The molecule has 0 aliphatic heterocycles. The van der Waals surface area contributed by atoms with Crippen LogP contribution in [0.15, 0.2) is 71.1 Å². The topological polar surface area (TPSA) is 88.2 Å². The number of carbonyl (C=O) groups excluding carboxylic acids is 1. The van der Waals surface area contributed by atoms with Crippen LogP contribution in [0.1, 0.15) is 9.67 Å². The average Bonchev–Trinajstić information content (AvgIpc) is 3.04. The highest BCUT2D eigenvalue weighted by molar-refractivity contribution is 7.92. The first kappa shape index (κ1) is 16.2. The number of sulfonamides is 1. The van der Waals surface area contributed by atoms with E-state index in [1.165, 1.54) is 12.1 Å². The number of hydrogen-bond acceptors (Lipinski definition) is 5. The van der Waals surface area contributed by atoms with Crippen molar-refractivity contribution in [1.82, 2.24) is 4.98 Å². The molecule has 0 unspecified atom stereocenters. The second kappa shape index (κ2) is 6.81. The van der Waals surface area contributed by atoms with E-state index in [0.717, 1.165) is 11.3 Å². The van der Waals surface area contributed by atoms with Gasteiger partial charge in [-0.25, -0.2) is 13.4 Å². The second-order valence-corrected chi connectivity index (χ2v) is 7.35. The third kappa shape index (κ3) is 3.61. The lowest BCUT2D eigenvalue weighted by Gasteiger charge is -2.09. The maximum Gasteiger partial charge on any atom is 0.269 e. The van der Waals surface area contributed by atoms with E-state index in [-0.39, 0.29) is 15.5 Å². The molecule has 0 fully saturated rings. The Labute approximate surface area is 143 Å². The molecular weight excluding hydrogens is 346 g/mol. The number of nitrogens with one attached hydrogen (secondary N) is 2. The first-order valence-electron chi connectivity index (χ1n) is 6.94. The molecule has 0 spiro atoms. The monoisotopic (exact) mass is 359 g/mol. The number of pyridine rings is 1. The van der Waals surface area contributed by atoms with Crippen LogP contribution in [0.25, 0.3) is 0 Å². The molecule has 8 heteroatoms. The minimum absolute atomic E-state index is 0.132. The Hall–Kier alpha value is -2.71. The largest absolute Gasteiger partial charge is 0.306 e. The zero-order valence-electron chi connectivity index (χ0n) is 12.3. The number of aromatic nitrogens is 1. The normalized spacial score (nSPS) is 11.0. The Morgan fingerprint density at radius 1 is 1.00 bits per heavy atom. The molecule has 1 aromatic carbocycles. The van der Waals surface area contributed by atoms with Crippen molar-refractivity contribution >= 4 is 38.8 Å². The van der Waals surface area contributed by atoms with Gasteiger partial charge in [0, 0.05) is 6.20 Å². The van der Waals surface area contributed by atoms with Crippen LogP contribution in [0.5, 0.6) is 0 Å². The molecule has 0 aliphatic carbocycles.